The molecule has 1 nitrogen and oxygen atoms in total. The van der Waals surface area contributed by atoms with Crippen molar-refractivity contribution in [1.29, 1.82) is 0 Å². The predicted octanol–water partition coefficient (Wildman–Crippen LogP) is 1.12. The van der Waals surface area contributed by atoms with E-state index in [4.69, 9.17) is 0 Å². The maximum atomic E-state index is 11.1. The van der Waals surface area contributed by atoms with Gasteiger partial charge in [0.2, 0.25) is 0 Å². The minimum atomic E-state index is -2.23. The highest BCUT2D eigenvalue weighted by molar-refractivity contribution is 7.96. The molecule has 0 amide bonds. The third-order valence-electron chi connectivity index (χ3n) is 0.382. The summed E-state index contributed by atoms with van der Waals surface area (Å²) in [6.07, 6.45) is -0.519. The molecule has 0 atom stereocenters. The van der Waals surface area contributed by atoms with E-state index in [-0.39, 0.29) is 6.54 Å². The monoisotopic (exact) mass is 127 g/mol. The highest BCUT2D eigenvalue weighted by atomic mass is 32.2. The molecule has 0 aromatic heterocycles. The van der Waals surface area contributed by atoms with E-state index in [9.17, 15) is 8.78 Å². The third kappa shape index (κ3) is 6.17. The lowest BCUT2D eigenvalue weighted by atomic mass is 10.7. The molecule has 0 bridgehead atoms. The first kappa shape index (κ1) is 7.17. The van der Waals surface area contributed by atoms with Gasteiger partial charge in [-0.05, 0) is 6.26 Å². The molecular weight excluding hydrogens is 120 g/mol. The molecule has 0 spiro atoms. The van der Waals surface area contributed by atoms with Crippen LogP contribution < -0.4 is 4.72 Å². The van der Waals surface area contributed by atoms with Gasteiger partial charge in [-0.15, -0.1) is 0 Å². The Bertz CT molecular complexity index is 41.9. The van der Waals surface area contributed by atoms with E-state index in [1.54, 1.807) is 6.26 Å². The van der Waals surface area contributed by atoms with E-state index in [0.29, 0.717) is 0 Å². The van der Waals surface area contributed by atoms with E-state index < -0.39 is 6.43 Å². The fourth-order valence-corrected chi connectivity index (χ4v) is 0.439. The molecule has 0 saturated carbocycles. The van der Waals surface area contributed by atoms with Crippen LogP contribution in [-0.4, -0.2) is 19.2 Å². The molecule has 0 heterocycles. The molecule has 0 fully saturated rings. The Morgan fingerprint density at radius 3 is 2.43 bits per heavy atom. The van der Waals surface area contributed by atoms with E-state index in [0.717, 1.165) is 0 Å². The van der Waals surface area contributed by atoms with Gasteiger partial charge in [-0.3, -0.25) is 4.72 Å². The third-order valence-corrected chi connectivity index (χ3v) is 0.837. The van der Waals surface area contributed by atoms with Gasteiger partial charge < -0.3 is 0 Å². The summed E-state index contributed by atoms with van der Waals surface area (Å²) in [4.78, 5) is 0. The normalized spacial score (nSPS) is 10.3. The van der Waals surface area contributed by atoms with Crippen LogP contribution in [0.2, 0.25) is 0 Å². The van der Waals surface area contributed by atoms with Gasteiger partial charge >= 0.3 is 0 Å². The molecule has 0 saturated heterocycles. The van der Waals surface area contributed by atoms with Crippen LogP contribution >= 0.6 is 11.9 Å². The van der Waals surface area contributed by atoms with Gasteiger partial charge in [0.05, 0.1) is 6.54 Å². The average Bonchev–Trinajstić information content (AvgIpc) is 1.61. The molecule has 0 aliphatic carbocycles. The highest BCUT2D eigenvalue weighted by Gasteiger charge is 1.97. The Morgan fingerprint density at radius 2 is 2.29 bits per heavy atom. The lowest BCUT2D eigenvalue weighted by Crippen LogP contribution is -2.12. The standard InChI is InChI=1S/C3H7F2NS/c1-7-6-2-3(4)5/h3,6H,2H2,1H3. The minimum absolute atomic E-state index is 0.221. The second-order valence-electron chi connectivity index (χ2n) is 0.944. The molecule has 0 unspecified atom stereocenters. The Balaban J connectivity index is 2.68. The van der Waals surface area contributed by atoms with E-state index in [1.165, 1.54) is 11.9 Å². The summed E-state index contributed by atoms with van der Waals surface area (Å²) in [6, 6.07) is 0. The Kier molecular flexibility index (Phi) is 4.44. The lowest BCUT2D eigenvalue weighted by Gasteiger charge is -1.95. The van der Waals surface area contributed by atoms with E-state index in [2.05, 4.69) is 4.72 Å². The molecule has 4 heteroatoms. The summed E-state index contributed by atoms with van der Waals surface area (Å²) >= 11 is 1.20. The van der Waals surface area contributed by atoms with Crippen LogP contribution in [0.5, 0.6) is 0 Å². The number of rotatable bonds is 3. The molecule has 44 valence electrons. The van der Waals surface area contributed by atoms with Gasteiger partial charge in [-0.2, -0.15) is 0 Å². The second-order valence-corrected chi connectivity index (χ2v) is 1.64. The second kappa shape index (κ2) is 4.33. The zero-order valence-corrected chi connectivity index (χ0v) is 4.77. The topological polar surface area (TPSA) is 12.0 Å². The summed E-state index contributed by atoms with van der Waals surface area (Å²) < 4.78 is 24.7. The highest BCUT2D eigenvalue weighted by Crippen LogP contribution is 1.90. The smallest absolute Gasteiger partial charge is 0.251 e. The van der Waals surface area contributed by atoms with Gasteiger partial charge in [0.15, 0.2) is 0 Å². The van der Waals surface area contributed by atoms with Crippen molar-refractivity contribution < 1.29 is 8.78 Å². The zero-order valence-electron chi connectivity index (χ0n) is 3.95. The molecule has 1 N–H and O–H groups in total. The van der Waals surface area contributed by atoms with Crippen molar-refractivity contribution in [3.63, 3.8) is 0 Å². The summed E-state index contributed by atoms with van der Waals surface area (Å²) in [5.41, 5.74) is 0. The first-order valence-corrected chi connectivity index (χ1v) is 3.04. The average molecular weight is 127 g/mol. The lowest BCUT2D eigenvalue weighted by molar-refractivity contribution is 0.154. The van der Waals surface area contributed by atoms with Crippen molar-refractivity contribution in [2.24, 2.45) is 0 Å². The zero-order chi connectivity index (χ0) is 5.70. The van der Waals surface area contributed by atoms with Crippen LogP contribution in [0.4, 0.5) is 8.78 Å². The summed E-state index contributed by atoms with van der Waals surface area (Å²) in [6.45, 7) is -0.221. The van der Waals surface area contributed by atoms with Crippen LogP contribution in [0.25, 0.3) is 0 Å². The maximum Gasteiger partial charge on any atom is 0.251 e. The number of alkyl halides is 2. The van der Waals surface area contributed by atoms with Crippen molar-refractivity contribution in [2.75, 3.05) is 12.8 Å². The SMILES string of the molecule is CSNCC(F)F. The van der Waals surface area contributed by atoms with Crippen LogP contribution in [0.3, 0.4) is 0 Å². The van der Waals surface area contributed by atoms with Gasteiger partial charge in [-0.25, -0.2) is 8.78 Å². The van der Waals surface area contributed by atoms with Crippen molar-refractivity contribution in [2.45, 2.75) is 6.43 Å². The molecule has 0 aliphatic heterocycles. The molecule has 0 aromatic carbocycles. The summed E-state index contributed by atoms with van der Waals surface area (Å²) in [5.74, 6) is 0. The largest absolute Gasteiger partial charge is 0.259 e. The first-order valence-electron chi connectivity index (χ1n) is 1.81. The predicted molar refractivity (Wildman–Crippen MR) is 27.5 cm³/mol. The molecule has 0 aliphatic rings. The number of nitrogens with one attached hydrogen (secondary N) is 1. The first-order chi connectivity index (χ1) is 3.27. The summed E-state index contributed by atoms with van der Waals surface area (Å²) in [7, 11) is 0. The Morgan fingerprint density at radius 1 is 1.71 bits per heavy atom. The molecule has 0 radical (unpaired) electrons. The Hall–Kier alpha value is 0.170. The summed E-state index contributed by atoms with van der Waals surface area (Å²) in [5, 5.41) is 0. The van der Waals surface area contributed by atoms with Crippen molar-refractivity contribution >= 4 is 11.9 Å². The van der Waals surface area contributed by atoms with Crippen LogP contribution in [0.1, 0.15) is 0 Å². The Labute approximate surface area is 45.6 Å². The van der Waals surface area contributed by atoms with Crippen LogP contribution in [-0.2, 0) is 0 Å². The van der Waals surface area contributed by atoms with Crippen LogP contribution in [0.15, 0.2) is 0 Å². The molecular formula is C3H7F2NS. The van der Waals surface area contributed by atoms with Gasteiger partial charge in [0.25, 0.3) is 6.43 Å². The van der Waals surface area contributed by atoms with Crippen LogP contribution in [0, 0.1) is 0 Å². The van der Waals surface area contributed by atoms with E-state index >= 15 is 0 Å². The van der Waals surface area contributed by atoms with E-state index in [1.807, 2.05) is 0 Å². The fourth-order valence-electron chi connectivity index (χ4n) is 0.146. The van der Waals surface area contributed by atoms with Gasteiger partial charge in [0, 0.05) is 0 Å². The molecule has 0 aromatic rings. The fraction of sp³-hybridized carbons (Fsp3) is 1.00. The molecule has 0 rings (SSSR count). The van der Waals surface area contributed by atoms with Crippen molar-refractivity contribution in [3.8, 4) is 0 Å². The van der Waals surface area contributed by atoms with Gasteiger partial charge in [0.1, 0.15) is 0 Å². The van der Waals surface area contributed by atoms with Crippen molar-refractivity contribution in [1.82, 2.24) is 4.72 Å². The number of hydrogen-bond acceptors (Lipinski definition) is 2. The minimum Gasteiger partial charge on any atom is -0.259 e. The number of hydrogen-bond donors (Lipinski definition) is 1. The van der Waals surface area contributed by atoms with Crippen molar-refractivity contribution in [3.05, 3.63) is 0 Å². The van der Waals surface area contributed by atoms with Gasteiger partial charge in [-0.1, -0.05) is 11.9 Å². The maximum absolute atomic E-state index is 11.1. The number of halogens is 2. The molecule has 7 heavy (non-hydrogen) atoms. The quantitative estimate of drug-likeness (QED) is 0.570.